The maximum absolute atomic E-state index is 12.9. The molecule has 0 spiro atoms. The van der Waals surface area contributed by atoms with Gasteiger partial charge in [-0.1, -0.05) is 24.4 Å². The van der Waals surface area contributed by atoms with Gasteiger partial charge in [0.25, 0.3) is 0 Å². The predicted molar refractivity (Wildman–Crippen MR) is 99.7 cm³/mol. The Labute approximate surface area is 160 Å². The molecule has 1 saturated heterocycles. The molecule has 1 N–H and O–H groups in total. The van der Waals surface area contributed by atoms with E-state index in [2.05, 4.69) is 20.4 Å². The second-order valence-electron chi connectivity index (χ2n) is 7.65. The zero-order chi connectivity index (χ0) is 19.2. The molecule has 0 bridgehead atoms. The fraction of sp³-hybridized carbons (Fsp3) is 0.789. The number of nitrogens with zero attached hydrogens (tertiary/aromatic N) is 4. The molecular formula is C19H31N5O3. The molecule has 1 aromatic rings. The third kappa shape index (κ3) is 5.28. The van der Waals surface area contributed by atoms with Gasteiger partial charge in [0, 0.05) is 33.1 Å². The van der Waals surface area contributed by atoms with Gasteiger partial charge in [0.05, 0.1) is 19.0 Å². The first-order chi connectivity index (χ1) is 13.1. The maximum Gasteiger partial charge on any atom is 0.237 e. The molecule has 1 saturated carbocycles. The highest BCUT2D eigenvalue weighted by Gasteiger charge is 2.34. The molecule has 0 unspecified atom stereocenters. The molecule has 150 valence electrons. The van der Waals surface area contributed by atoms with E-state index in [0.717, 1.165) is 13.1 Å². The molecule has 1 aliphatic carbocycles. The number of aromatic nitrogens is 2. The Kier molecular flexibility index (Phi) is 6.82. The highest BCUT2D eigenvalue weighted by molar-refractivity contribution is 5.88. The zero-order valence-corrected chi connectivity index (χ0v) is 16.4. The molecule has 2 amide bonds. The van der Waals surface area contributed by atoms with Crippen LogP contribution < -0.4 is 5.32 Å². The minimum absolute atomic E-state index is 0.0307. The summed E-state index contributed by atoms with van der Waals surface area (Å²) in [7, 11) is 0. The Morgan fingerprint density at radius 2 is 2.11 bits per heavy atom. The van der Waals surface area contributed by atoms with Crippen LogP contribution in [-0.2, 0) is 16.1 Å². The van der Waals surface area contributed by atoms with Gasteiger partial charge in [0.2, 0.25) is 17.7 Å². The van der Waals surface area contributed by atoms with Gasteiger partial charge in [-0.05, 0) is 25.7 Å². The molecule has 1 aromatic heterocycles. The summed E-state index contributed by atoms with van der Waals surface area (Å²) in [6.07, 6.45) is 6.54. The van der Waals surface area contributed by atoms with Crippen LogP contribution in [0.5, 0.6) is 0 Å². The van der Waals surface area contributed by atoms with Gasteiger partial charge in [-0.25, -0.2) is 0 Å². The van der Waals surface area contributed by atoms with E-state index in [-0.39, 0.29) is 24.3 Å². The van der Waals surface area contributed by atoms with Crippen LogP contribution in [0.4, 0.5) is 0 Å². The largest absolute Gasteiger partial charge is 0.353 e. The van der Waals surface area contributed by atoms with Crippen LogP contribution >= 0.6 is 0 Å². The van der Waals surface area contributed by atoms with Crippen molar-refractivity contribution in [3.8, 4) is 0 Å². The van der Waals surface area contributed by atoms with Crippen LogP contribution in [0, 0.1) is 12.8 Å². The Balaban J connectivity index is 1.61. The lowest BCUT2D eigenvalue weighted by Gasteiger charge is -2.38. The number of rotatable bonds is 7. The van der Waals surface area contributed by atoms with E-state index < -0.39 is 0 Å². The normalized spacial score (nSPS) is 21.9. The summed E-state index contributed by atoms with van der Waals surface area (Å²) in [5.41, 5.74) is 0. The van der Waals surface area contributed by atoms with E-state index in [1.165, 1.54) is 32.1 Å². The average Bonchev–Trinajstić information content (AvgIpc) is 3.08. The first-order valence-electron chi connectivity index (χ1n) is 10.2. The molecule has 8 nitrogen and oxygen atoms in total. The number of hydrogen-bond acceptors (Lipinski definition) is 6. The minimum atomic E-state index is -0.380. The van der Waals surface area contributed by atoms with Gasteiger partial charge >= 0.3 is 0 Å². The van der Waals surface area contributed by atoms with Gasteiger partial charge < -0.3 is 14.7 Å². The van der Waals surface area contributed by atoms with E-state index in [9.17, 15) is 9.59 Å². The summed E-state index contributed by atoms with van der Waals surface area (Å²) >= 11 is 0. The van der Waals surface area contributed by atoms with E-state index in [4.69, 9.17) is 4.52 Å². The Morgan fingerprint density at radius 1 is 1.33 bits per heavy atom. The number of carbonyl (C=O) groups is 2. The van der Waals surface area contributed by atoms with Crippen molar-refractivity contribution in [2.45, 2.75) is 65.0 Å². The van der Waals surface area contributed by atoms with Gasteiger partial charge in [-0.15, -0.1) is 0 Å². The summed E-state index contributed by atoms with van der Waals surface area (Å²) < 4.78 is 4.99. The van der Waals surface area contributed by atoms with Crippen LogP contribution in [0.25, 0.3) is 0 Å². The molecule has 2 aliphatic rings. The zero-order valence-electron chi connectivity index (χ0n) is 16.4. The van der Waals surface area contributed by atoms with Crippen molar-refractivity contribution in [3.05, 3.63) is 11.7 Å². The summed E-state index contributed by atoms with van der Waals surface area (Å²) in [4.78, 5) is 33.4. The fourth-order valence-electron chi connectivity index (χ4n) is 4.15. The first kappa shape index (κ1) is 19.8. The molecule has 2 fully saturated rings. The van der Waals surface area contributed by atoms with Gasteiger partial charge in [0.15, 0.2) is 5.82 Å². The van der Waals surface area contributed by atoms with Crippen LogP contribution in [0.3, 0.4) is 0 Å². The lowest BCUT2D eigenvalue weighted by molar-refractivity contribution is -0.139. The highest BCUT2D eigenvalue weighted by atomic mass is 16.5. The maximum atomic E-state index is 12.9. The van der Waals surface area contributed by atoms with Gasteiger partial charge in [-0.3, -0.25) is 14.5 Å². The molecule has 2 heterocycles. The summed E-state index contributed by atoms with van der Waals surface area (Å²) in [6.45, 7) is 6.90. The number of aryl methyl sites for hydroxylation is 1. The molecule has 0 aromatic carbocycles. The van der Waals surface area contributed by atoms with Gasteiger partial charge in [-0.2, -0.15) is 4.98 Å². The second kappa shape index (κ2) is 9.30. The van der Waals surface area contributed by atoms with Crippen LogP contribution in [0.1, 0.15) is 57.2 Å². The third-order valence-electron chi connectivity index (χ3n) is 5.66. The molecule has 8 heteroatoms. The molecule has 0 radical (unpaired) electrons. The monoisotopic (exact) mass is 377 g/mol. The molecular weight excluding hydrogens is 346 g/mol. The lowest BCUT2D eigenvalue weighted by Crippen LogP contribution is -2.57. The second-order valence-corrected chi connectivity index (χ2v) is 7.65. The molecule has 27 heavy (non-hydrogen) atoms. The number of piperazine rings is 1. The third-order valence-corrected chi connectivity index (χ3v) is 5.66. The van der Waals surface area contributed by atoms with Gasteiger partial charge in [0.1, 0.15) is 0 Å². The SMILES string of the molecule is CCN(Cc1noc(C)n1)C(=O)C[C@@H]1C(=O)NCCN1CC1CCCCC1. The Hall–Kier alpha value is -1.96. The van der Waals surface area contributed by atoms with Crippen molar-refractivity contribution in [1.29, 1.82) is 0 Å². The van der Waals surface area contributed by atoms with E-state index in [0.29, 0.717) is 37.3 Å². The van der Waals surface area contributed by atoms with Crippen molar-refractivity contribution in [1.82, 2.24) is 25.3 Å². The van der Waals surface area contributed by atoms with E-state index in [1.807, 2.05) is 6.92 Å². The average molecular weight is 377 g/mol. The number of hydrogen-bond donors (Lipinski definition) is 1. The van der Waals surface area contributed by atoms with Crippen molar-refractivity contribution >= 4 is 11.8 Å². The molecule has 1 aliphatic heterocycles. The van der Waals surface area contributed by atoms with Crippen LogP contribution in [0.2, 0.25) is 0 Å². The first-order valence-corrected chi connectivity index (χ1v) is 10.2. The van der Waals surface area contributed by atoms with E-state index >= 15 is 0 Å². The highest BCUT2D eigenvalue weighted by Crippen LogP contribution is 2.26. The lowest BCUT2D eigenvalue weighted by atomic mass is 9.88. The Bertz CT molecular complexity index is 641. The minimum Gasteiger partial charge on any atom is -0.353 e. The number of nitrogens with one attached hydrogen (secondary N) is 1. The fourth-order valence-corrected chi connectivity index (χ4v) is 4.15. The quantitative estimate of drug-likeness (QED) is 0.774. The van der Waals surface area contributed by atoms with Crippen molar-refractivity contribution in [2.24, 2.45) is 5.92 Å². The predicted octanol–water partition coefficient (Wildman–Crippen LogP) is 1.50. The number of carbonyl (C=O) groups excluding carboxylic acids is 2. The summed E-state index contributed by atoms with van der Waals surface area (Å²) in [5, 5.41) is 6.79. The molecule has 3 rings (SSSR count). The van der Waals surface area contributed by atoms with Crippen LogP contribution in [0.15, 0.2) is 4.52 Å². The summed E-state index contributed by atoms with van der Waals surface area (Å²) in [6, 6.07) is -0.380. The summed E-state index contributed by atoms with van der Waals surface area (Å²) in [5.74, 6) is 1.55. The Morgan fingerprint density at radius 3 is 2.78 bits per heavy atom. The topological polar surface area (TPSA) is 91.6 Å². The standard InChI is InChI=1S/C19H31N5O3/c1-3-23(13-17-21-14(2)27-22-17)18(25)11-16-19(26)20-9-10-24(16)12-15-7-5-4-6-8-15/h15-16H,3-13H2,1-2H3,(H,20,26)/t16-/m1/s1. The van der Waals surface area contributed by atoms with Crippen molar-refractivity contribution in [3.63, 3.8) is 0 Å². The van der Waals surface area contributed by atoms with E-state index in [1.54, 1.807) is 11.8 Å². The van der Waals surface area contributed by atoms with Crippen LogP contribution in [-0.4, -0.2) is 64.0 Å². The van der Waals surface area contributed by atoms with Crippen molar-refractivity contribution < 1.29 is 14.1 Å². The smallest absolute Gasteiger partial charge is 0.237 e. The molecule has 1 atom stereocenters. The van der Waals surface area contributed by atoms with Crippen molar-refractivity contribution in [2.75, 3.05) is 26.2 Å². The number of amides is 2.